The monoisotopic (exact) mass is 290 g/mol. The zero-order chi connectivity index (χ0) is 14.6. The molecule has 2 bridgehead atoms. The SMILES string of the molecule is N#C[C@H]1C2c3ccccc3C(c3ccccc32)[C@]1(Cl)C#N. The lowest BCUT2D eigenvalue weighted by Crippen LogP contribution is -2.49. The number of halogens is 1. The molecule has 2 atom stereocenters. The number of benzene rings is 2. The Kier molecular flexibility index (Phi) is 2.43. The van der Waals surface area contributed by atoms with Crippen molar-refractivity contribution < 1.29 is 0 Å². The quantitative estimate of drug-likeness (QED) is 0.690. The van der Waals surface area contributed by atoms with E-state index in [9.17, 15) is 10.5 Å². The molecule has 0 aliphatic heterocycles. The van der Waals surface area contributed by atoms with Crippen molar-refractivity contribution in [2.45, 2.75) is 16.7 Å². The zero-order valence-electron chi connectivity index (χ0n) is 11.1. The number of nitrogens with zero attached hydrogens (tertiary/aromatic N) is 2. The van der Waals surface area contributed by atoms with Gasteiger partial charge in [0.1, 0.15) is 0 Å². The predicted molar refractivity (Wildman–Crippen MR) is 79.9 cm³/mol. The van der Waals surface area contributed by atoms with Gasteiger partial charge in [-0.1, -0.05) is 48.5 Å². The van der Waals surface area contributed by atoms with Gasteiger partial charge in [0.2, 0.25) is 0 Å². The average Bonchev–Trinajstić information content (AvgIpc) is 2.54. The number of rotatable bonds is 0. The Bertz CT molecular complexity index is 782. The molecule has 2 aromatic carbocycles. The second-order valence-electron chi connectivity index (χ2n) is 5.66. The average molecular weight is 291 g/mol. The summed E-state index contributed by atoms with van der Waals surface area (Å²) in [6.45, 7) is 0. The van der Waals surface area contributed by atoms with Gasteiger partial charge in [-0.3, -0.25) is 0 Å². The summed E-state index contributed by atoms with van der Waals surface area (Å²) < 4.78 is 0. The summed E-state index contributed by atoms with van der Waals surface area (Å²) in [5.41, 5.74) is 4.45. The lowest BCUT2D eigenvalue weighted by atomic mass is 9.54. The van der Waals surface area contributed by atoms with Crippen LogP contribution in [0.25, 0.3) is 0 Å². The van der Waals surface area contributed by atoms with E-state index in [2.05, 4.69) is 24.3 Å². The minimum atomic E-state index is -1.19. The molecule has 0 saturated carbocycles. The highest BCUT2D eigenvalue weighted by Crippen LogP contribution is 2.61. The van der Waals surface area contributed by atoms with Crippen molar-refractivity contribution in [2.24, 2.45) is 5.92 Å². The first-order valence-corrected chi connectivity index (χ1v) is 7.27. The lowest BCUT2D eigenvalue weighted by molar-refractivity contribution is 0.377. The topological polar surface area (TPSA) is 47.6 Å². The van der Waals surface area contributed by atoms with E-state index in [1.807, 2.05) is 36.4 Å². The van der Waals surface area contributed by atoms with Gasteiger partial charge >= 0.3 is 0 Å². The van der Waals surface area contributed by atoms with E-state index in [4.69, 9.17) is 11.6 Å². The van der Waals surface area contributed by atoms with Crippen molar-refractivity contribution in [2.75, 3.05) is 0 Å². The normalized spacial score (nSPS) is 31.7. The van der Waals surface area contributed by atoms with Gasteiger partial charge in [0.25, 0.3) is 0 Å². The van der Waals surface area contributed by atoms with Crippen LogP contribution < -0.4 is 0 Å². The van der Waals surface area contributed by atoms with Crippen LogP contribution >= 0.6 is 11.6 Å². The minimum Gasteiger partial charge on any atom is -0.198 e. The fraction of sp³-hybridized carbons (Fsp3) is 0.222. The molecule has 3 aliphatic rings. The number of alkyl halides is 1. The summed E-state index contributed by atoms with van der Waals surface area (Å²) in [5.74, 6) is -0.894. The molecule has 0 N–H and O–H groups in total. The zero-order valence-corrected chi connectivity index (χ0v) is 11.9. The summed E-state index contributed by atoms with van der Waals surface area (Å²) in [6, 6.07) is 20.6. The van der Waals surface area contributed by atoms with Crippen LogP contribution in [0, 0.1) is 28.6 Å². The molecule has 0 unspecified atom stereocenters. The highest BCUT2D eigenvalue weighted by Gasteiger charge is 2.59. The molecule has 3 heteroatoms. The van der Waals surface area contributed by atoms with Crippen LogP contribution in [0.1, 0.15) is 34.1 Å². The van der Waals surface area contributed by atoms with Gasteiger partial charge in [0.05, 0.1) is 18.1 Å². The number of nitriles is 2. The fourth-order valence-electron chi connectivity index (χ4n) is 3.99. The van der Waals surface area contributed by atoms with Gasteiger partial charge in [-0.2, -0.15) is 10.5 Å². The molecule has 0 aromatic heterocycles. The third-order valence-corrected chi connectivity index (χ3v) is 5.34. The van der Waals surface area contributed by atoms with Crippen LogP contribution in [0.5, 0.6) is 0 Å². The largest absolute Gasteiger partial charge is 0.198 e. The van der Waals surface area contributed by atoms with Gasteiger partial charge in [-0.05, 0) is 22.3 Å². The van der Waals surface area contributed by atoms with Crippen LogP contribution in [0.4, 0.5) is 0 Å². The molecule has 2 nitrogen and oxygen atoms in total. The summed E-state index contributed by atoms with van der Waals surface area (Å²) >= 11 is 6.69. The molecule has 0 spiro atoms. The molecule has 0 saturated heterocycles. The third kappa shape index (κ3) is 1.36. The standard InChI is InChI=1S/C18H11ClN2/c19-18(10-21)15(9-20)16-11-5-1-3-7-13(11)17(18)14-8-4-2-6-12(14)16/h1-8,15-17H/t15-,16?,17?,18-/m0/s1. The van der Waals surface area contributed by atoms with Crippen molar-refractivity contribution >= 4 is 11.6 Å². The van der Waals surface area contributed by atoms with E-state index >= 15 is 0 Å². The van der Waals surface area contributed by atoms with Crippen LogP contribution in [0.3, 0.4) is 0 Å². The molecule has 3 aliphatic carbocycles. The molecule has 0 radical (unpaired) electrons. The molecule has 100 valence electrons. The summed E-state index contributed by atoms with van der Waals surface area (Å²) in [4.78, 5) is -1.19. The molecule has 0 heterocycles. The minimum absolute atomic E-state index is 0.121. The molecular formula is C18H11ClN2. The van der Waals surface area contributed by atoms with Crippen molar-refractivity contribution in [3.05, 3.63) is 70.8 Å². The molecular weight excluding hydrogens is 280 g/mol. The van der Waals surface area contributed by atoms with Gasteiger partial charge in [-0.25, -0.2) is 0 Å². The van der Waals surface area contributed by atoms with Crippen LogP contribution in [0.15, 0.2) is 48.5 Å². The third-order valence-electron chi connectivity index (χ3n) is 4.80. The Morgan fingerprint density at radius 1 is 0.857 bits per heavy atom. The van der Waals surface area contributed by atoms with E-state index in [0.29, 0.717) is 0 Å². The van der Waals surface area contributed by atoms with Gasteiger partial charge < -0.3 is 0 Å². The maximum absolute atomic E-state index is 9.69. The highest BCUT2D eigenvalue weighted by molar-refractivity contribution is 6.27. The lowest BCUT2D eigenvalue weighted by Gasteiger charge is -2.49. The summed E-state index contributed by atoms with van der Waals surface area (Å²) in [7, 11) is 0. The Labute approximate surface area is 128 Å². The van der Waals surface area contributed by atoms with Crippen LogP contribution in [-0.2, 0) is 0 Å². The Morgan fingerprint density at radius 2 is 1.33 bits per heavy atom. The maximum Gasteiger partial charge on any atom is 0.158 e. The first kappa shape index (κ1) is 12.5. The summed E-state index contributed by atoms with van der Waals surface area (Å²) in [6.07, 6.45) is 0. The van der Waals surface area contributed by atoms with Crippen LogP contribution in [0.2, 0.25) is 0 Å². The molecule has 5 rings (SSSR count). The first-order chi connectivity index (χ1) is 10.2. The van der Waals surface area contributed by atoms with Gasteiger partial charge in [0.15, 0.2) is 4.87 Å². The van der Waals surface area contributed by atoms with Gasteiger partial charge in [0, 0.05) is 11.8 Å². The van der Waals surface area contributed by atoms with E-state index in [0.717, 1.165) is 22.3 Å². The van der Waals surface area contributed by atoms with E-state index in [1.54, 1.807) is 0 Å². The van der Waals surface area contributed by atoms with Crippen LogP contribution in [-0.4, -0.2) is 4.87 Å². The smallest absolute Gasteiger partial charge is 0.158 e. The highest BCUT2D eigenvalue weighted by atomic mass is 35.5. The van der Waals surface area contributed by atoms with E-state index in [1.165, 1.54) is 0 Å². The Morgan fingerprint density at radius 3 is 1.76 bits per heavy atom. The van der Waals surface area contributed by atoms with Crippen molar-refractivity contribution in [3.63, 3.8) is 0 Å². The number of hydrogen-bond acceptors (Lipinski definition) is 2. The van der Waals surface area contributed by atoms with E-state index in [-0.39, 0.29) is 11.8 Å². The van der Waals surface area contributed by atoms with Crippen molar-refractivity contribution in [3.8, 4) is 12.1 Å². The fourth-order valence-corrected chi connectivity index (χ4v) is 4.40. The second-order valence-corrected chi connectivity index (χ2v) is 6.28. The predicted octanol–water partition coefficient (Wildman–Crippen LogP) is 3.92. The van der Waals surface area contributed by atoms with Crippen molar-refractivity contribution in [1.82, 2.24) is 0 Å². The molecule has 0 fully saturated rings. The Hall–Kier alpha value is -2.29. The second kappa shape index (κ2) is 4.10. The summed E-state index contributed by atoms with van der Waals surface area (Å²) in [5, 5.41) is 19.3. The molecule has 0 amide bonds. The van der Waals surface area contributed by atoms with Crippen molar-refractivity contribution in [1.29, 1.82) is 10.5 Å². The Balaban J connectivity index is 2.13. The molecule has 21 heavy (non-hydrogen) atoms. The number of fused-ring (bicyclic) bond motifs is 1. The van der Waals surface area contributed by atoms with Gasteiger partial charge in [-0.15, -0.1) is 11.6 Å². The van der Waals surface area contributed by atoms with E-state index < -0.39 is 10.8 Å². The maximum atomic E-state index is 9.69. The number of hydrogen-bond donors (Lipinski definition) is 0. The first-order valence-electron chi connectivity index (χ1n) is 6.89. The molecule has 2 aromatic rings.